The third-order valence-corrected chi connectivity index (χ3v) is 12.3. The number of amides is 6. The fraction of sp³-hybridized carbons (Fsp3) is 0.440. The topological polar surface area (TPSA) is 170 Å². The fourth-order valence-corrected chi connectivity index (χ4v) is 8.40. The molecule has 0 aliphatic carbocycles. The van der Waals surface area contributed by atoms with E-state index in [1.54, 1.807) is 9.80 Å². The number of aliphatic hydroxyl groups is 2. The van der Waals surface area contributed by atoms with Gasteiger partial charge in [-0.15, -0.1) is 0 Å². The predicted octanol–water partition coefficient (Wildman–Crippen LogP) is 4.28. The second-order valence-corrected chi connectivity index (χ2v) is 17.6. The number of urea groups is 2. The minimum absolute atomic E-state index is 0.152. The third-order valence-electron chi connectivity index (χ3n) is 12.3. The Kier molecular flexibility index (Phi) is 17.0. The first kappa shape index (κ1) is 47.4. The number of carbonyl (C=O) groups is 4. The lowest BCUT2D eigenvalue weighted by Crippen LogP contribution is -2.63. The molecule has 6 amide bonds. The lowest BCUT2D eigenvalue weighted by molar-refractivity contribution is -0.129. The number of carbonyl (C=O) groups excluding carboxylic acids is 4. The van der Waals surface area contributed by atoms with E-state index in [1.807, 2.05) is 149 Å². The Balaban J connectivity index is 1.15. The van der Waals surface area contributed by atoms with Crippen molar-refractivity contribution in [3.8, 4) is 0 Å². The van der Waals surface area contributed by atoms with Gasteiger partial charge in [-0.05, 0) is 60.1 Å². The van der Waals surface area contributed by atoms with Crippen LogP contribution in [-0.2, 0) is 22.4 Å². The zero-order valence-corrected chi connectivity index (χ0v) is 37.6. The molecule has 2 aliphatic rings. The zero-order valence-electron chi connectivity index (χ0n) is 37.6. The second kappa shape index (κ2) is 23.0. The van der Waals surface area contributed by atoms with Gasteiger partial charge in [0, 0.05) is 63.7 Å². The van der Waals surface area contributed by atoms with Crippen LogP contribution in [0.15, 0.2) is 121 Å². The fourth-order valence-electron chi connectivity index (χ4n) is 8.40. The number of aliphatic hydroxyl groups excluding tert-OH is 2. The Hall–Kier alpha value is -6.12. The summed E-state index contributed by atoms with van der Waals surface area (Å²) in [5, 5.41) is 36.2. The SMILES string of the molecule is CC(C)[C@H](NC(=O)N1CCN(c2ccccc2)CC1)C(=O)N[C@@H](Cc1ccccc1)[C@H](O)[C@@H](O)[C@H](Cc1ccccc1)NC(=O)[C@@H](NC(=O)N1CCN(c2ccccc2)CC1)C(C)C. The van der Waals surface area contributed by atoms with Crippen molar-refractivity contribution in [1.82, 2.24) is 31.1 Å². The lowest BCUT2D eigenvalue weighted by atomic mass is 9.90. The van der Waals surface area contributed by atoms with Gasteiger partial charge in [-0.3, -0.25) is 9.59 Å². The molecule has 0 spiro atoms. The highest BCUT2D eigenvalue weighted by Gasteiger charge is 2.38. The maximum atomic E-state index is 14.2. The van der Waals surface area contributed by atoms with Gasteiger partial charge in [0.15, 0.2) is 0 Å². The predicted molar refractivity (Wildman–Crippen MR) is 251 cm³/mol. The number of rotatable bonds is 17. The number of hydrogen-bond acceptors (Lipinski definition) is 8. The van der Waals surface area contributed by atoms with E-state index in [2.05, 4.69) is 31.1 Å². The summed E-state index contributed by atoms with van der Waals surface area (Å²) in [5.41, 5.74) is 3.79. The minimum Gasteiger partial charge on any atom is -0.388 e. The van der Waals surface area contributed by atoms with Crippen molar-refractivity contribution in [3.63, 3.8) is 0 Å². The maximum absolute atomic E-state index is 14.2. The summed E-state index contributed by atoms with van der Waals surface area (Å²) >= 11 is 0. The summed E-state index contributed by atoms with van der Waals surface area (Å²) in [6.07, 6.45) is -2.83. The highest BCUT2D eigenvalue weighted by atomic mass is 16.3. The third kappa shape index (κ3) is 13.0. The molecule has 2 heterocycles. The van der Waals surface area contributed by atoms with Crippen LogP contribution in [0.1, 0.15) is 38.8 Å². The molecule has 6 N–H and O–H groups in total. The van der Waals surface area contributed by atoms with Crippen LogP contribution < -0.4 is 31.1 Å². The summed E-state index contributed by atoms with van der Waals surface area (Å²) in [4.78, 5) is 63.6. The molecule has 4 aromatic rings. The van der Waals surface area contributed by atoms with Crippen molar-refractivity contribution in [2.45, 2.75) is 76.9 Å². The summed E-state index contributed by atoms with van der Waals surface area (Å²) < 4.78 is 0. The smallest absolute Gasteiger partial charge is 0.318 e. The largest absolute Gasteiger partial charge is 0.388 e. The van der Waals surface area contributed by atoms with Crippen molar-refractivity contribution in [2.75, 3.05) is 62.2 Å². The van der Waals surface area contributed by atoms with Crippen molar-refractivity contribution >= 4 is 35.3 Å². The number of piperazine rings is 2. The van der Waals surface area contributed by atoms with Gasteiger partial charge < -0.3 is 51.1 Å². The van der Waals surface area contributed by atoms with Gasteiger partial charge >= 0.3 is 12.1 Å². The molecule has 2 aliphatic heterocycles. The van der Waals surface area contributed by atoms with Gasteiger partial charge in [0.05, 0.1) is 12.1 Å². The maximum Gasteiger partial charge on any atom is 0.318 e. The molecule has 0 unspecified atom stereocenters. The molecule has 6 atom stereocenters. The molecular formula is C50H66N8O6. The summed E-state index contributed by atoms with van der Waals surface area (Å²) in [6.45, 7) is 11.9. The number of para-hydroxylation sites is 2. The first-order valence-corrected chi connectivity index (χ1v) is 22.6. The highest BCUT2D eigenvalue weighted by Crippen LogP contribution is 2.20. The normalized spacial score (nSPS) is 17.2. The monoisotopic (exact) mass is 875 g/mol. The molecular weight excluding hydrogens is 809 g/mol. The highest BCUT2D eigenvalue weighted by molar-refractivity contribution is 5.88. The minimum atomic E-state index is -1.57. The van der Waals surface area contributed by atoms with Gasteiger partial charge in [-0.1, -0.05) is 125 Å². The van der Waals surface area contributed by atoms with E-state index in [0.29, 0.717) is 52.4 Å². The van der Waals surface area contributed by atoms with Crippen LogP contribution in [-0.4, -0.2) is 133 Å². The van der Waals surface area contributed by atoms with Crippen molar-refractivity contribution in [3.05, 3.63) is 132 Å². The average Bonchev–Trinajstić information content (AvgIpc) is 3.32. The van der Waals surface area contributed by atoms with E-state index in [9.17, 15) is 29.4 Å². The molecule has 342 valence electrons. The molecule has 4 aromatic carbocycles. The Morgan fingerprint density at radius 3 is 1.05 bits per heavy atom. The van der Waals surface area contributed by atoms with Crippen LogP contribution in [0, 0.1) is 11.8 Å². The van der Waals surface area contributed by atoms with Crippen LogP contribution >= 0.6 is 0 Å². The summed E-state index contributed by atoms with van der Waals surface area (Å²) in [7, 11) is 0. The molecule has 0 saturated carbocycles. The van der Waals surface area contributed by atoms with Crippen molar-refractivity contribution in [1.29, 1.82) is 0 Å². The Morgan fingerprint density at radius 2 is 0.750 bits per heavy atom. The van der Waals surface area contributed by atoms with Crippen molar-refractivity contribution in [2.24, 2.45) is 11.8 Å². The standard InChI is InChI=1S/C50H66N8O6/c1-35(2)43(53-49(63)57-29-25-55(26-30-57)39-21-13-7-14-22-39)47(61)51-41(33-37-17-9-5-10-18-37)45(59)46(60)42(34-38-19-11-6-12-20-38)52-48(62)44(36(3)4)54-50(64)58-31-27-56(28-32-58)40-23-15-8-16-24-40/h5-24,35-36,41-46,59-60H,25-34H2,1-4H3,(H,51,61)(H,52,62)(H,53,63)(H,54,64)/t41-,42-,43-,44-,45-,46-/m0/s1. The molecule has 2 saturated heterocycles. The van der Waals surface area contributed by atoms with Crippen LogP contribution in [0.2, 0.25) is 0 Å². The number of nitrogens with zero attached hydrogens (tertiary/aromatic N) is 4. The number of benzene rings is 4. The van der Waals surface area contributed by atoms with E-state index in [4.69, 9.17) is 0 Å². The lowest BCUT2D eigenvalue weighted by Gasteiger charge is -2.38. The van der Waals surface area contributed by atoms with E-state index < -0.39 is 48.2 Å². The number of nitrogens with one attached hydrogen (secondary N) is 4. The first-order chi connectivity index (χ1) is 30.9. The van der Waals surface area contributed by atoms with Gasteiger partial charge in [0.2, 0.25) is 11.8 Å². The Bertz CT molecular complexity index is 1910. The van der Waals surface area contributed by atoms with Gasteiger partial charge in [-0.25, -0.2) is 9.59 Å². The van der Waals surface area contributed by atoms with Crippen LogP contribution in [0.4, 0.5) is 21.0 Å². The van der Waals surface area contributed by atoms with E-state index >= 15 is 0 Å². The molecule has 0 radical (unpaired) electrons. The molecule has 14 heteroatoms. The molecule has 2 fully saturated rings. The summed E-state index contributed by atoms with van der Waals surface area (Å²) in [6, 6.07) is 34.1. The zero-order chi connectivity index (χ0) is 45.6. The van der Waals surface area contributed by atoms with Crippen LogP contribution in [0.3, 0.4) is 0 Å². The quantitative estimate of drug-likeness (QED) is 0.0915. The van der Waals surface area contributed by atoms with Gasteiger partial charge in [0.1, 0.15) is 24.3 Å². The van der Waals surface area contributed by atoms with Gasteiger partial charge in [0.25, 0.3) is 0 Å². The average molecular weight is 875 g/mol. The van der Waals surface area contributed by atoms with Gasteiger partial charge in [-0.2, -0.15) is 0 Å². The molecule has 64 heavy (non-hydrogen) atoms. The van der Waals surface area contributed by atoms with Crippen molar-refractivity contribution < 1.29 is 29.4 Å². The Labute approximate surface area is 378 Å². The number of hydrogen-bond donors (Lipinski definition) is 6. The van der Waals surface area contributed by atoms with Crippen LogP contribution in [0.5, 0.6) is 0 Å². The number of anilines is 2. The molecule has 6 rings (SSSR count). The Morgan fingerprint density at radius 1 is 0.453 bits per heavy atom. The first-order valence-electron chi connectivity index (χ1n) is 22.6. The van der Waals surface area contributed by atoms with E-state index in [0.717, 1.165) is 22.5 Å². The summed E-state index contributed by atoms with van der Waals surface area (Å²) in [5.74, 6) is -1.63. The van der Waals surface area contributed by atoms with Crippen LogP contribution in [0.25, 0.3) is 0 Å². The second-order valence-electron chi connectivity index (χ2n) is 17.6. The van der Waals surface area contributed by atoms with E-state index in [-0.39, 0.29) is 36.7 Å². The van der Waals surface area contributed by atoms with E-state index in [1.165, 1.54) is 0 Å². The molecule has 14 nitrogen and oxygen atoms in total. The molecule has 0 aromatic heterocycles. The molecule has 0 bridgehead atoms.